The summed E-state index contributed by atoms with van der Waals surface area (Å²) in [5.74, 6) is 1.11. The van der Waals surface area contributed by atoms with Gasteiger partial charge in [0.05, 0.1) is 17.8 Å². The minimum Gasteiger partial charge on any atom is -0.338 e. The molecule has 0 unspecified atom stereocenters. The lowest BCUT2D eigenvalue weighted by atomic mass is 10.1. The molecule has 0 saturated carbocycles. The quantitative estimate of drug-likeness (QED) is 0.864. The number of pyridine rings is 1. The summed E-state index contributed by atoms with van der Waals surface area (Å²) < 4.78 is 5.26. The van der Waals surface area contributed by atoms with E-state index in [4.69, 9.17) is 10.3 Å². The summed E-state index contributed by atoms with van der Waals surface area (Å²) in [6, 6.07) is 5.90. The third-order valence-electron chi connectivity index (χ3n) is 2.96. The Labute approximate surface area is 119 Å². The summed E-state index contributed by atoms with van der Waals surface area (Å²) in [7, 11) is 0. The number of hydrogen-bond donors (Lipinski definition) is 1. The van der Waals surface area contributed by atoms with Crippen molar-refractivity contribution in [2.45, 2.75) is 39.4 Å². The molecule has 0 aromatic carbocycles. The average Bonchev–Trinajstić information content (AvgIpc) is 2.87. The molecule has 20 heavy (non-hydrogen) atoms. The number of nitrogens with zero attached hydrogens (tertiary/aromatic N) is 4. The zero-order chi connectivity index (χ0) is 14.6. The molecule has 0 bridgehead atoms. The summed E-state index contributed by atoms with van der Waals surface area (Å²) >= 11 is 0. The Kier molecular flexibility index (Phi) is 4.46. The van der Waals surface area contributed by atoms with Crippen molar-refractivity contribution in [2.75, 3.05) is 6.54 Å². The lowest BCUT2D eigenvalue weighted by molar-refractivity contribution is 0.226. The lowest BCUT2D eigenvalue weighted by Crippen LogP contribution is -2.30. The summed E-state index contributed by atoms with van der Waals surface area (Å²) in [5, 5.41) is 3.93. The standard InChI is InChI=1S/C14H21N5O/c1-4-19(9-11-7-5-6-8-16-11)10-12-17-13(18-20-12)14(2,3)15/h5-8H,4,9-10,15H2,1-3H3. The van der Waals surface area contributed by atoms with Gasteiger partial charge in [-0.2, -0.15) is 4.98 Å². The van der Waals surface area contributed by atoms with Crippen LogP contribution < -0.4 is 5.73 Å². The van der Waals surface area contributed by atoms with E-state index in [-0.39, 0.29) is 0 Å². The molecule has 0 saturated heterocycles. The third kappa shape index (κ3) is 3.85. The summed E-state index contributed by atoms with van der Waals surface area (Å²) in [4.78, 5) is 10.9. The number of hydrogen-bond acceptors (Lipinski definition) is 6. The van der Waals surface area contributed by atoms with E-state index in [0.717, 1.165) is 18.8 Å². The first-order valence-corrected chi connectivity index (χ1v) is 6.73. The summed E-state index contributed by atoms with van der Waals surface area (Å²) in [6.45, 7) is 8.02. The van der Waals surface area contributed by atoms with Crippen LogP contribution in [0.15, 0.2) is 28.9 Å². The van der Waals surface area contributed by atoms with Gasteiger partial charge in [-0.3, -0.25) is 9.88 Å². The highest BCUT2D eigenvalue weighted by Gasteiger charge is 2.22. The van der Waals surface area contributed by atoms with Crippen molar-refractivity contribution in [3.05, 3.63) is 41.8 Å². The Morgan fingerprint density at radius 1 is 1.30 bits per heavy atom. The lowest BCUT2D eigenvalue weighted by Gasteiger charge is -2.17. The van der Waals surface area contributed by atoms with E-state index in [0.29, 0.717) is 18.3 Å². The van der Waals surface area contributed by atoms with Crippen molar-refractivity contribution < 1.29 is 4.52 Å². The van der Waals surface area contributed by atoms with Crippen LogP contribution in [0.1, 0.15) is 38.2 Å². The molecule has 0 aliphatic rings. The molecule has 0 radical (unpaired) electrons. The molecule has 6 heteroatoms. The highest BCUT2D eigenvalue weighted by Crippen LogP contribution is 2.14. The van der Waals surface area contributed by atoms with Crippen LogP contribution in [0.25, 0.3) is 0 Å². The van der Waals surface area contributed by atoms with E-state index in [1.165, 1.54) is 0 Å². The van der Waals surface area contributed by atoms with Crippen LogP contribution in [0.5, 0.6) is 0 Å². The molecule has 0 aliphatic heterocycles. The van der Waals surface area contributed by atoms with E-state index in [1.54, 1.807) is 6.20 Å². The fourth-order valence-electron chi connectivity index (χ4n) is 1.77. The third-order valence-corrected chi connectivity index (χ3v) is 2.96. The Bertz CT molecular complexity index is 532. The predicted octanol–water partition coefficient (Wildman–Crippen LogP) is 1.68. The highest BCUT2D eigenvalue weighted by atomic mass is 16.5. The van der Waals surface area contributed by atoms with Crippen LogP contribution in [0.2, 0.25) is 0 Å². The van der Waals surface area contributed by atoms with Crippen molar-refractivity contribution in [3.8, 4) is 0 Å². The van der Waals surface area contributed by atoms with Crippen molar-refractivity contribution in [1.29, 1.82) is 0 Å². The highest BCUT2D eigenvalue weighted by molar-refractivity contribution is 5.04. The Balaban J connectivity index is 2.01. The van der Waals surface area contributed by atoms with Gasteiger partial charge in [0.1, 0.15) is 0 Å². The molecule has 0 amide bonds. The monoisotopic (exact) mass is 275 g/mol. The van der Waals surface area contributed by atoms with Gasteiger partial charge in [0, 0.05) is 12.7 Å². The number of aromatic nitrogens is 3. The molecule has 2 aromatic heterocycles. The molecule has 2 N–H and O–H groups in total. The normalized spacial score (nSPS) is 12.1. The molecular weight excluding hydrogens is 254 g/mol. The molecule has 6 nitrogen and oxygen atoms in total. The molecule has 108 valence electrons. The van der Waals surface area contributed by atoms with Gasteiger partial charge in [0.15, 0.2) is 5.82 Å². The maximum atomic E-state index is 5.95. The van der Waals surface area contributed by atoms with Crippen LogP contribution in [-0.2, 0) is 18.6 Å². The minimum atomic E-state index is -0.584. The SMILES string of the molecule is CCN(Cc1ccccn1)Cc1nc(C(C)(C)N)no1. The van der Waals surface area contributed by atoms with Crippen LogP contribution in [0.3, 0.4) is 0 Å². The first kappa shape index (κ1) is 14.6. The van der Waals surface area contributed by atoms with Crippen molar-refractivity contribution in [2.24, 2.45) is 5.73 Å². The van der Waals surface area contributed by atoms with Gasteiger partial charge in [0.25, 0.3) is 0 Å². The van der Waals surface area contributed by atoms with Gasteiger partial charge in [0.2, 0.25) is 5.89 Å². The van der Waals surface area contributed by atoms with Gasteiger partial charge in [-0.25, -0.2) is 0 Å². The maximum Gasteiger partial charge on any atom is 0.240 e. The van der Waals surface area contributed by atoms with Gasteiger partial charge in [-0.1, -0.05) is 18.1 Å². The smallest absolute Gasteiger partial charge is 0.240 e. The topological polar surface area (TPSA) is 81.1 Å². The van der Waals surface area contributed by atoms with Gasteiger partial charge < -0.3 is 10.3 Å². The number of rotatable bonds is 6. The van der Waals surface area contributed by atoms with Crippen LogP contribution in [-0.4, -0.2) is 26.6 Å². The first-order valence-electron chi connectivity index (χ1n) is 6.73. The fraction of sp³-hybridized carbons (Fsp3) is 0.500. The zero-order valence-corrected chi connectivity index (χ0v) is 12.2. The predicted molar refractivity (Wildman–Crippen MR) is 75.5 cm³/mol. The van der Waals surface area contributed by atoms with E-state index < -0.39 is 5.54 Å². The molecule has 0 atom stereocenters. The maximum absolute atomic E-state index is 5.95. The summed E-state index contributed by atoms with van der Waals surface area (Å²) in [5.41, 5.74) is 6.39. The Morgan fingerprint density at radius 2 is 2.10 bits per heavy atom. The molecular formula is C14H21N5O. The Morgan fingerprint density at radius 3 is 2.65 bits per heavy atom. The molecule has 0 fully saturated rings. The minimum absolute atomic E-state index is 0.529. The van der Waals surface area contributed by atoms with Gasteiger partial charge >= 0.3 is 0 Å². The zero-order valence-electron chi connectivity index (χ0n) is 12.2. The first-order chi connectivity index (χ1) is 9.49. The van der Waals surface area contributed by atoms with Crippen molar-refractivity contribution in [1.82, 2.24) is 20.0 Å². The van der Waals surface area contributed by atoms with Crippen LogP contribution in [0, 0.1) is 0 Å². The molecule has 2 heterocycles. The molecule has 0 aliphatic carbocycles. The number of nitrogens with two attached hydrogens (primary N) is 1. The fourth-order valence-corrected chi connectivity index (χ4v) is 1.77. The molecule has 2 aromatic rings. The van der Waals surface area contributed by atoms with E-state index >= 15 is 0 Å². The average molecular weight is 275 g/mol. The molecule has 2 rings (SSSR count). The second-order valence-electron chi connectivity index (χ2n) is 5.36. The van der Waals surface area contributed by atoms with Crippen LogP contribution >= 0.6 is 0 Å². The molecule has 0 spiro atoms. The van der Waals surface area contributed by atoms with Crippen molar-refractivity contribution >= 4 is 0 Å². The van der Waals surface area contributed by atoms with E-state index in [2.05, 4.69) is 26.9 Å². The second-order valence-corrected chi connectivity index (χ2v) is 5.36. The van der Waals surface area contributed by atoms with E-state index in [9.17, 15) is 0 Å². The second kappa shape index (κ2) is 6.11. The van der Waals surface area contributed by atoms with Gasteiger partial charge in [-0.15, -0.1) is 0 Å². The van der Waals surface area contributed by atoms with Crippen LogP contribution in [0.4, 0.5) is 0 Å². The largest absolute Gasteiger partial charge is 0.338 e. The van der Waals surface area contributed by atoms with Crippen molar-refractivity contribution in [3.63, 3.8) is 0 Å². The Hall–Kier alpha value is -1.79. The summed E-state index contributed by atoms with van der Waals surface area (Å²) in [6.07, 6.45) is 1.80. The van der Waals surface area contributed by atoms with Gasteiger partial charge in [-0.05, 0) is 32.5 Å². The van der Waals surface area contributed by atoms with E-state index in [1.807, 2.05) is 32.0 Å².